The molecule has 2 aromatic heterocycles. The molecule has 3 rings (SSSR count). The zero-order chi connectivity index (χ0) is 34.1. The fourth-order valence-corrected chi connectivity index (χ4v) is 6.99. The zero-order valence-corrected chi connectivity index (χ0v) is 31.9. The van der Waals surface area contributed by atoms with Crippen molar-refractivity contribution in [2.45, 2.75) is 195 Å². The van der Waals surface area contributed by atoms with E-state index in [1.54, 1.807) is 0 Å². The van der Waals surface area contributed by atoms with Crippen LogP contribution in [0.5, 0.6) is 0 Å². The van der Waals surface area contributed by atoms with Crippen molar-refractivity contribution < 1.29 is 0 Å². The van der Waals surface area contributed by atoms with Gasteiger partial charge < -0.3 is 0 Å². The second-order valence-corrected chi connectivity index (χ2v) is 14.6. The Morgan fingerprint density at radius 3 is 1.00 bits per heavy atom. The van der Waals surface area contributed by atoms with E-state index in [1.807, 2.05) is 0 Å². The molecule has 0 aliphatic rings. The Morgan fingerprint density at radius 1 is 0.396 bits per heavy atom. The Labute approximate surface area is 294 Å². The quantitative estimate of drug-likeness (QED) is 0.0618. The van der Waals surface area contributed by atoms with Crippen LogP contribution in [-0.4, -0.2) is 66.0 Å². The van der Waals surface area contributed by atoms with Gasteiger partial charge in [0.15, 0.2) is 0 Å². The molecule has 0 fully saturated rings. The van der Waals surface area contributed by atoms with Crippen molar-refractivity contribution in [2.75, 3.05) is 26.2 Å². The van der Waals surface area contributed by atoms with E-state index >= 15 is 0 Å². The van der Waals surface area contributed by atoms with Crippen molar-refractivity contribution in [1.82, 2.24) is 39.8 Å². The Balaban J connectivity index is 1.68. The number of benzene rings is 1. The fraction of sp³-hybridized carbons (Fsp3) is 0.850. The third kappa shape index (κ3) is 15.7. The molecular weight excluding hydrogens is 592 g/mol. The maximum Gasteiger partial charge on any atom is 0.115 e. The van der Waals surface area contributed by atoms with Gasteiger partial charge in [0.2, 0.25) is 0 Å². The summed E-state index contributed by atoms with van der Waals surface area (Å²) in [6.45, 7) is 15.3. The molecule has 0 amide bonds. The normalized spacial score (nSPS) is 12.1. The summed E-state index contributed by atoms with van der Waals surface area (Å²) < 4.78 is 4.26. The van der Waals surface area contributed by atoms with Gasteiger partial charge in [-0.1, -0.05) is 167 Å². The van der Waals surface area contributed by atoms with Crippen molar-refractivity contribution in [1.29, 1.82) is 0 Å². The second-order valence-electron chi connectivity index (χ2n) is 14.6. The summed E-state index contributed by atoms with van der Waals surface area (Å²) in [7, 11) is 0. The number of hydrogen-bond donors (Lipinski definition) is 0. The van der Waals surface area contributed by atoms with E-state index in [9.17, 15) is 0 Å². The summed E-state index contributed by atoms with van der Waals surface area (Å²) in [6, 6.07) is 4.35. The molecule has 3 aromatic rings. The smallest absolute Gasteiger partial charge is 0.115 e. The van der Waals surface area contributed by atoms with Crippen molar-refractivity contribution in [3.8, 4) is 0 Å². The molecule has 0 aliphatic heterocycles. The Hall–Kier alpha value is -2.06. The van der Waals surface area contributed by atoms with E-state index < -0.39 is 0 Å². The molecule has 2 heterocycles. The second kappa shape index (κ2) is 25.8. The molecule has 0 bridgehead atoms. The Morgan fingerprint density at radius 2 is 0.688 bits per heavy atom. The van der Waals surface area contributed by atoms with Crippen LogP contribution >= 0.6 is 0 Å². The summed E-state index contributed by atoms with van der Waals surface area (Å²) in [5, 5.41) is 18.5. The van der Waals surface area contributed by atoms with E-state index in [-0.39, 0.29) is 0 Å². The molecular formula is C40H74N8. The third-order valence-corrected chi connectivity index (χ3v) is 10.1. The minimum Gasteiger partial charge on any atom is -0.284 e. The number of rotatable bonds is 32. The van der Waals surface area contributed by atoms with Gasteiger partial charge in [-0.25, -0.2) is 9.36 Å². The van der Waals surface area contributed by atoms with Crippen LogP contribution in [0.3, 0.4) is 0 Å². The largest absolute Gasteiger partial charge is 0.284 e. The summed E-state index contributed by atoms with van der Waals surface area (Å²) >= 11 is 0. The molecule has 0 aliphatic carbocycles. The van der Waals surface area contributed by atoms with Crippen molar-refractivity contribution >= 4 is 22.1 Å². The maximum atomic E-state index is 4.67. The highest BCUT2D eigenvalue weighted by molar-refractivity contribution is 5.90. The number of fused-ring (bicyclic) bond motifs is 2. The molecule has 48 heavy (non-hydrogen) atoms. The predicted octanol–water partition coefficient (Wildman–Crippen LogP) is 11.1. The van der Waals surface area contributed by atoms with E-state index in [0.29, 0.717) is 0 Å². The number of nitrogens with zero attached hydrogens (tertiary/aromatic N) is 8. The lowest BCUT2D eigenvalue weighted by molar-refractivity contribution is 0.199. The lowest BCUT2D eigenvalue weighted by atomic mass is 10.1. The highest BCUT2D eigenvalue weighted by Gasteiger charge is 2.16. The van der Waals surface area contributed by atoms with Crippen LogP contribution in [-0.2, 0) is 13.3 Å². The molecule has 1 aromatic carbocycles. The molecule has 274 valence electrons. The molecule has 8 nitrogen and oxygen atoms in total. The highest BCUT2D eigenvalue weighted by atomic mass is 15.5. The molecule has 0 unspecified atom stereocenters. The van der Waals surface area contributed by atoms with Gasteiger partial charge in [0.25, 0.3) is 0 Å². The molecule has 0 atom stereocenters. The van der Waals surface area contributed by atoms with Gasteiger partial charge in [-0.3, -0.25) is 9.80 Å². The van der Waals surface area contributed by atoms with E-state index in [2.05, 4.69) is 79.6 Å². The molecule has 0 spiro atoms. The summed E-state index contributed by atoms with van der Waals surface area (Å²) in [6.07, 6.45) is 31.9. The maximum absolute atomic E-state index is 4.67. The van der Waals surface area contributed by atoms with Crippen LogP contribution in [0.1, 0.15) is 182 Å². The van der Waals surface area contributed by atoms with Crippen LogP contribution in [0, 0.1) is 0 Å². The molecule has 0 saturated carbocycles. The van der Waals surface area contributed by atoms with Crippen molar-refractivity contribution in [3.63, 3.8) is 0 Å². The SMILES string of the molecule is CCCCCCCCN(CCCCCCCC)Cn1nnc2cc3nnn(CN(CCCCCCCC)CCCCCCCC)c3cc21. The minimum absolute atomic E-state index is 0.801. The van der Waals surface area contributed by atoms with Crippen molar-refractivity contribution in [3.05, 3.63) is 12.1 Å². The fourth-order valence-electron chi connectivity index (χ4n) is 6.99. The van der Waals surface area contributed by atoms with Crippen molar-refractivity contribution in [2.24, 2.45) is 0 Å². The number of unbranched alkanes of at least 4 members (excludes halogenated alkanes) is 20. The summed E-state index contributed by atoms with van der Waals surface area (Å²) in [5.74, 6) is 0. The Bertz CT molecular complexity index is 1070. The van der Waals surface area contributed by atoms with Crippen LogP contribution < -0.4 is 0 Å². The lowest BCUT2D eigenvalue weighted by Crippen LogP contribution is -2.29. The predicted molar refractivity (Wildman–Crippen MR) is 205 cm³/mol. The molecule has 8 heteroatoms. The average molecular weight is 667 g/mol. The monoisotopic (exact) mass is 667 g/mol. The standard InChI is InChI=1S/C40H74N8/c1-5-9-13-17-21-25-29-45(30-26-22-18-14-10-6-2)35-47-39-34-40-38(33-37(39)41-43-47)42-44-48(40)36-46(31-27-23-19-15-11-7-3)32-28-24-20-16-12-8-4/h33-34H,5-32,35-36H2,1-4H3. The van der Waals surface area contributed by atoms with Crippen LogP contribution in [0.25, 0.3) is 22.1 Å². The molecule has 0 N–H and O–H groups in total. The summed E-state index contributed by atoms with van der Waals surface area (Å²) in [5.41, 5.74) is 4.04. The van der Waals surface area contributed by atoms with Gasteiger partial charge in [0.1, 0.15) is 11.0 Å². The first-order valence-corrected chi connectivity index (χ1v) is 20.7. The molecule has 0 saturated heterocycles. The minimum atomic E-state index is 0.801. The van der Waals surface area contributed by atoms with E-state index in [4.69, 9.17) is 0 Å². The first-order chi connectivity index (χ1) is 23.7. The summed E-state index contributed by atoms with van der Waals surface area (Å²) in [4.78, 5) is 5.24. The van der Waals surface area contributed by atoms with Gasteiger partial charge in [0.05, 0.1) is 24.4 Å². The van der Waals surface area contributed by atoms with Gasteiger partial charge in [-0.05, 0) is 64.0 Å². The van der Waals surface area contributed by atoms with Crippen LogP contribution in [0.15, 0.2) is 12.1 Å². The first-order valence-electron chi connectivity index (χ1n) is 20.7. The number of aromatic nitrogens is 6. The van der Waals surface area contributed by atoms with E-state index in [0.717, 1.165) is 61.6 Å². The van der Waals surface area contributed by atoms with Gasteiger partial charge in [-0.2, -0.15) is 0 Å². The third-order valence-electron chi connectivity index (χ3n) is 10.1. The average Bonchev–Trinajstić information content (AvgIpc) is 3.68. The van der Waals surface area contributed by atoms with Gasteiger partial charge in [-0.15, -0.1) is 10.2 Å². The molecule has 0 radical (unpaired) electrons. The lowest BCUT2D eigenvalue weighted by Gasteiger charge is -2.23. The Kier molecular flexibility index (Phi) is 21.7. The highest BCUT2D eigenvalue weighted by Crippen LogP contribution is 2.21. The van der Waals surface area contributed by atoms with Gasteiger partial charge in [0, 0.05) is 0 Å². The number of hydrogen-bond acceptors (Lipinski definition) is 6. The van der Waals surface area contributed by atoms with E-state index in [1.165, 1.54) is 154 Å². The van der Waals surface area contributed by atoms with Crippen LogP contribution in [0.4, 0.5) is 0 Å². The zero-order valence-electron chi connectivity index (χ0n) is 31.9. The topological polar surface area (TPSA) is 67.9 Å². The van der Waals surface area contributed by atoms with Gasteiger partial charge >= 0.3 is 0 Å². The van der Waals surface area contributed by atoms with Crippen LogP contribution in [0.2, 0.25) is 0 Å². The first kappa shape index (κ1) is 40.4.